The topological polar surface area (TPSA) is 79.4 Å². The first-order valence-electron chi connectivity index (χ1n) is 12.5. The molecule has 0 radical (unpaired) electrons. The molecule has 4 rings (SSSR count). The molecule has 194 valence electrons. The summed E-state index contributed by atoms with van der Waals surface area (Å²) in [5.41, 5.74) is 8.51. The van der Waals surface area contributed by atoms with Crippen LogP contribution in [0.15, 0.2) is 66.7 Å². The lowest BCUT2D eigenvalue weighted by molar-refractivity contribution is 0.0748. The number of hydrogen-bond acceptors (Lipinski definition) is 4. The Morgan fingerprint density at radius 1 is 1.03 bits per heavy atom. The molecule has 4 aromatic rings. The summed E-state index contributed by atoms with van der Waals surface area (Å²) in [6, 6.07) is 20.8. The van der Waals surface area contributed by atoms with E-state index in [1.165, 1.54) is 0 Å². The van der Waals surface area contributed by atoms with Crippen molar-refractivity contribution in [1.29, 1.82) is 0 Å². The zero-order chi connectivity index (χ0) is 26.6. The highest BCUT2D eigenvalue weighted by molar-refractivity contribution is 5.93. The average molecular weight is 504 g/mol. The number of aryl methyl sites for hydroxylation is 1. The van der Waals surface area contributed by atoms with Gasteiger partial charge in [0.15, 0.2) is 0 Å². The first-order chi connectivity index (χ1) is 17.6. The second-order valence-corrected chi connectivity index (χ2v) is 10.3. The van der Waals surface area contributed by atoms with Gasteiger partial charge in [0.2, 0.25) is 0 Å². The van der Waals surface area contributed by atoms with Crippen LogP contribution in [0, 0.1) is 11.2 Å². The predicted molar refractivity (Wildman–Crippen MR) is 145 cm³/mol. The van der Waals surface area contributed by atoms with Crippen molar-refractivity contribution in [3.63, 3.8) is 0 Å². The maximum absolute atomic E-state index is 15.5. The molecular weight excluding hydrogens is 469 g/mol. The van der Waals surface area contributed by atoms with E-state index in [1.54, 1.807) is 16.8 Å². The molecule has 1 heterocycles. The lowest BCUT2D eigenvalue weighted by atomic mass is 9.86. The number of benzene rings is 3. The van der Waals surface area contributed by atoms with Crippen molar-refractivity contribution < 1.29 is 18.7 Å². The predicted octanol–water partition coefficient (Wildman–Crippen LogP) is 7.11. The molecule has 3 aromatic carbocycles. The summed E-state index contributed by atoms with van der Waals surface area (Å²) in [4.78, 5) is 10.8. The molecule has 0 aliphatic heterocycles. The van der Waals surface area contributed by atoms with Gasteiger partial charge in [-0.05, 0) is 54.5 Å². The minimum absolute atomic E-state index is 0.0915. The Labute approximate surface area is 217 Å². The monoisotopic (exact) mass is 503 g/mol. The molecule has 1 aromatic heterocycles. The third-order valence-corrected chi connectivity index (χ3v) is 6.52. The number of aromatic nitrogens is 2. The summed E-state index contributed by atoms with van der Waals surface area (Å²) < 4.78 is 28.7. The molecule has 0 fully saturated rings. The molecule has 0 aliphatic carbocycles. The Kier molecular flexibility index (Phi) is 7.81. The highest BCUT2D eigenvalue weighted by atomic mass is 19.1. The van der Waals surface area contributed by atoms with Gasteiger partial charge in [0, 0.05) is 23.6 Å². The number of hydrogen-bond donors (Lipinski definition) is 1. The van der Waals surface area contributed by atoms with Gasteiger partial charge in [0.25, 0.3) is 0 Å². The van der Waals surface area contributed by atoms with E-state index in [0.29, 0.717) is 30.0 Å². The number of carbonyl (C=O) groups is 1. The van der Waals surface area contributed by atoms with Crippen molar-refractivity contribution in [1.82, 2.24) is 9.78 Å². The number of rotatable bonds is 9. The van der Waals surface area contributed by atoms with E-state index < -0.39 is 6.09 Å². The molecule has 37 heavy (non-hydrogen) atoms. The number of primary amides is 1. The zero-order valence-corrected chi connectivity index (χ0v) is 21.8. The molecule has 1 atom stereocenters. The second kappa shape index (κ2) is 11.0. The summed E-state index contributed by atoms with van der Waals surface area (Å²) in [5, 5.41) is 5.49. The van der Waals surface area contributed by atoms with Gasteiger partial charge in [-0.25, -0.2) is 9.18 Å². The quantitative estimate of drug-likeness (QED) is 0.247. The number of halogens is 1. The van der Waals surface area contributed by atoms with Gasteiger partial charge in [-0.2, -0.15) is 5.10 Å². The van der Waals surface area contributed by atoms with Crippen molar-refractivity contribution in [3.05, 3.63) is 72.5 Å². The van der Waals surface area contributed by atoms with Crippen molar-refractivity contribution >= 4 is 17.0 Å². The smallest absolute Gasteiger partial charge is 0.404 e. The summed E-state index contributed by atoms with van der Waals surface area (Å²) in [6.07, 6.45) is 1.45. The van der Waals surface area contributed by atoms with Crippen molar-refractivity contribution in [2.24, 2.45) is 18.2 Å². The fourth-order valence-corrected chi connectivity index (χ4v) is 4.52. The number of fused-ring (bicyclic) bond motifs is 1. The first kappa shape index (κ1) is 26.2. The third kappa shape index (κ3) is 6.10. The van der Waals surface area contributed by atoms with E-state index in [9.17, 15) is 4.79 Å². The van der Waals surface area contributed by atoms with Gasteiger partial charge < -0.3 is 15.2 Å². The van der Waals surface area contributed by atoms with Crippen LogP contribution in [0.5, 0.6) is 5.75 Å². The lowest BCUT2D eigenvalue weighted by Crippen LogP contribution is -2.32. The largest absolute Gasteiger partial charge is 0.489 e. The minimum atomic E-state index is -0.757. The highest BCUT2D eigenvalue weighted by Gasteiger charge is 2.27. The average Bonchev–Trinajstić information content (AvgIpc) is 3.19. The Bertz CT molecular complexity index is 1390. The Morgan fingerprint density at radius 2 is 1.76 bits per heavy atom. The van der Waals surface area contributed by atoms with Crippen LogP contribution in [-0.4, -0.2) is 28.6 Å². The molecule has 0 spiro atoms. The van der Waals surface area contributed by atoms with Gasteiger partial charge in [-0.1, -0.05) is 63.2 Å². The van der Waals surface area contributed by atoms with Crippen LogP contribution >= 0.6 is 0 Å². The van der Waals surface area contributed by atoms with Crippen LogP contribution < -0.4 is 10.5 Å². The molecule has 2 N–H and O–H groups in total. The molecule has 0 bridgehead atoms. The standard InChI is InChI=1S/C30H34FN3O3/c1-30(2,3)27(15-9-10-18-36-29(32)35)37-26-14-8-6-11-21(26)20-16-17-22(24(31)19-20)28-23-12-5-7-13-25(23)34(4)33-28/h5-8,11-14,16-17,19,27H,9-10,15,18H2,1-4H3,(H2,32,35). The number of unbranched alkanes of at least 4 members (excludes halogenated alkanes) is 1. The van der Waals surface area contributed by atoms with E-state index >= 15 is 4.39 Å². The first-order valence-corrected chi connectivity index (χ1v) is 12.5. The zero-order valence-electron chi connectivity index (χ0n) is 21.8. The van der Waals surface area contributed by atoms with Crippen LogP contribution in [0.3, 0.4) is 0 Å². The number of nitrogens with zero attached hydrogens (tertiary/aromatic N) is 2. The van der Waals surface area contributed by atoms with Crippen molar-refractivity contribution in [2.45, 2.75) is 46.1 Å². The number of nitrogens with two attached hydrogens (primary N) is 1. The molecule has 7 heteroatoms. The van der Waals surface area contributed by atoms with Gasteiger partial charge in [-0.15, -0.1) is 0 Å². The summed E-state index contributed by atoms with van der Waals surface area (Å²) in [6.45, 7) is 6.68. The van der Waals surface area contributed by atoms with Crippen molar-refractivity contribution in [2.75, 3.05) is 6.61 Å². The second-order valence-electron chi connectivity index (χ2n) is 10.3. The minimum Gasteiger partial charge on any atom is -0.489 e. The summed E-state index contributed by atoms with van der Waals surface area (Å²) in [5.74, 6) is 0.365. The van der Waals surface area contributed by atoms with Crippen LogP contribution in [-0.2, 0) is 11.8 Å². The van der Waals surface area contributed by atoms with Gasteiger partial charge in [0.05, 0.1) is 12.1 Å². The molecule has 0 saturated carbocycles. The highest BCUT2D eigenvalue weighted by Crippen LogP contribution is 2.37. The number of carbonyl (C=O) groups excluding carboxylic acids is 1. The molecular formula is C30H34FN3O3. The van der Waals surface area contributed by atoms with E-state index in [0.717, 1.165) is 34.9 Å². The molecule has 0 aliphatic rings. The normalized spacial score (nSPS) is 12.5. The van der Waals surface area contributed by atoms with Gasteiger partial charge in [0.1, 0.15) is 23.4 Å². The maximum Gasteiger partial charge on any atom is 0.404 e. The van der Waals surface area contributed by atoms with Crippen LogP contribution in [0.4, 0.5) is 9.18 Å². The Hall–Kier alpha value is -3.87. The summed E-state index contributed by atoms with van der Waals surface area (Å²) in [7, 11) is 1.86. The van der Waals surface area contributed by atoms with E-state index in [4.69, 9.17) is 15.2 Å². The molecule has 6 nitrogen and oxygen atoms in total. The van der Waals surface area contributed by atoms with Crippen LogP contribution in [0.2, 0.25) is 0 Å². The van der Waals surface area contributed by atoms with Gasteiger partial charge in [-0.3, -0.25) is 4.68 Å². The summed E-state index contributed by atoms with van der Waals surface area (Å²) >= 11 is 0. The number of ether oxygens (including phenoxy) is 2. The third-order valence-electron chi connectivity index (χ3n) is 6.52. The van der Waals surface area contributed by atoms with E-state index in [1.807, 2.05) is 61.6 Å². The Balaban J connectivity index is 1.59. The number of para-hydroxylation sites is 2. The fourth-order valence-electron chi connectivity index (χ4n) is 4.52. The SMILES string of the molecule is Cn1nc(-c2ccc(-c3ccccc3OC(CCCCOC(N)=O)C(C)(C)C)cc2F)c2ccccc21. The van der Waals surface area contributed by atoms with Gasteiger partial charge >= 0.3 is 6.09 Å². The lowest BCUT2D eigenvalue weighted by Gasteiger charge is -2.32. The fraction of sp³-hybridized carbons (Fsp3) is 0.333. The molecule has 1 amide bonds. The van der Waals surface area contributed by atoms with E-state index in [2.05, 4.69) is 25.9 Å². The maximum atomic E-state index is 15.5. The van der Waals surface area contributed by atoms with Crippen molar-refractivity contribution in [3.8, 4) is 28.1 Å². The molecule has 1 unspecified atom stereocenters. The van der Waals surface area contributed by atoms with Crippen LogP contribution in [0.25, 0.3) is 33.3 Å². The Morgan fingerprint density at radius 3 is 2.49 bits per heavy atom. The molecule has 0 saturated heterocycles. The number of amides is 1. The van der Waals surface area contributed by atoms with E-state index in [-0.39, 0.29) is 17.3 Å². The van der Waals surface area contributed by atoms with Crippen LogP contribution in [0.1, 0.15) is 40.0 Å².